The fourth-order valence-corrected chi connectivity index (χ4v) is 3.44. The van der Waals surface area contributed by atoms with Gasteiger partial charge in [0.15, 0.2) is 0 Å². The smallest absolute Gasteiger partial charge is 0.241 e. The SMILES string of the molecule is Cc1ccc(C#N)cc1S(=O)(=O)NCc1nccs1. The van der Waals surface area contributed by atoms with Gasteiger partial charge >= 0.3 is 0 Å². The second kappa shape index (κ2) is 5.48. The molecule has 5 nitrogen and oxygen atoms in total. The zero-order valence-electron chi connectivity index (χ0n) is 10.1. The maximum atomic E-state index is 12.2. The molecule has 7 heteroatoms. The van der Waals surface area contributed by atoms with Crippen LogP contribution in [0.3, 0.4) is 0 Å². The van der Waals surface area contributed by atoms with Gasteiger partial charge in [-0.25, -0.2) is 18.1 Å². The molecule has 0 spiro atoms. The third-order valence-electron chi connectivity index (χ3n) is 2.50. The highest BCUT2D eigenvalue weighted by Gasteiger charge is 2.17. The summed E-state index contributed by atoms with van der Waals surface area (Å²) in [5.41, 5.74) is 0.922. The first-order chi connectivity index (χ1) is 9.03. The highest BCUT2D eigenvalue weighted by Crippen LogP contribution is 2.17. The summed E-state index contributed by atoms with van der Waals surface area (Å²) >= 11 is 1.38. The summed E-state index contributed by atoms with van der Waals surface area (Å²) in [6, 6.07) is 6.52. The normalized spacial score (nSPS) is 11.2. The minimum atomic E-state index is -3.63. The molecule has 2 aromatic rings. The Balaban J connectivity index is 2.27. The minimum Gasteiger partial charge on any atom is -0.248 e. The number of nitriles is 1. The van der Waals surface area contributed by atoms with Gasteiger partial charge < -0.3 is 0 Å². The van der Waals surface area contributed by atoms with Crippen molar-refractivity contribution in [3.8, 4) is 6.07 Å². The van der Waals surface area contributed by atoms with Crippen molar-refractivity contribution in [2.24, 2.45) is 0 Å². The van der Waals surface area contributed by atoms with Crippen LogP contribution >= 0.6 is 11.3 Å². The lowest BCUT2D eigenvalue weighted by Crippen LogP contribution is -2.24. The largest absolute Gasteiger partial charge is 0.248 e. The van der Waals surface area contributed by atoms with E-state index in [1.807, 2.05) is 6.07 Å². The number of nitrogens with one attached hydrogen (secondary N) is 1. The van der Waals surface area contributed by atoms with Crippen molar-refractivity contribution in [3.05, 3.63) is 45.9 Å². The Hall–Kier alpha value is -1.75. The van der Waals surface area contributed by atoms with Crippen LogP contribution in [0.5, 0.6) is 0 Å². The summed E-state index contributed by atoms with van der Waals surface area (Å²) in [5, 5.41) is 11.3. The fourth-order valence-electron chi connectivity index (χ4n) is 1.53. The predicted molar refractivity (Wildman–Crippen MR) is 72.0 cm³/mol. The number of hydrogen-bond acceptors (Lipinski definition) is 5. The number of thiazole rings is 1. The number of aromatic nitrogens is 1. The Kier molecular flexibility index (Phi) is 3.95. The molecule has 0 saturated carbocycles. The van der Waals surface area contributed by atoms with Crippen LogP contribution in [0.1, 0.15) is 16.1 Å². The molecular formula is C12H11N3O2S2. The molecule has 19 heavy (non-hydrogen) atoms. The summed E-state index contributed by atoms with van der Waals surface area (Å²) in [4.78, 5) is 4.14. The van der Waals surface area contributed by atoms with Gasteiger partial charge in [-0.3, -0.25) is 0 Å². The van der Waals surface area contributed by atoms with Gasteiger partial charge in [-0.15, -0.1) is 11.3 Å². The minimum absolute atomic E-state index is 0.128. The number of nitrogens with zero attached hydrogens (tertiary/aromatic N) is 2. The third kappa shape index (κ3) is 3.17. The van der Waals surface area contributed by atoms with Crippen molar-refractivity contribution < 1.29 is 8.42 Å². The quantitative estimate of drug-likeness (QED) is 0.931. The van der Waals surface area contributed by atoms with E-state index < -0.39 is 10.0 Å². The molecule has 2 rings (SSSR count). The number of benzene rings is 1. The Bertz CT molecular complexity index is 716. The standard InChI is InChI=1S/C12H11N3O2S2/c1-9-2-3-10(7-13)6-11(9)19(16,17)15-8-12-14-4-5-18-12/h2-6,15H,8H2,1H3. The van der Waals surface area contributed by atoms with E-state index in [2.05, 4.69) is 9.71 Å². The number of rotatable bonds is 4. The van der Waals surface area contributed by atoms with Crippen LogP contribution in [0.2, 0.25) is 0 Å². The first kappa shape index (κ1) is 13.7. The van der Waals surface area contributed by atoms with Crippen LogP contribution in [0, 0.1) is 18.3 Å². The molecule has 1 N–H and O–H groups in total. The summed E-state index contributed by atoms with van der Waals surface area (Å²) in [6.07, 6.45) is 1.62. The van der Waals surface area contributed by atoms with E-state index in [0.717, 1.165) is 0 Å². The molecule has 0 atom stereocenters. The zero-order chi connectivity index (χ0) is 13.9. The van der Waals surface area contributed by atoms with Crippen LogP contribution in [-0.2, 0) is 16.6 Å². The lowest BCUT2D eigenvalue weighted by atomic mass is 10.2. The van der Waals surface area contributed by atoms with Gasteiger partial charge in [0.1, 0.15) is 5.01 Å². The summed E-state index contributed by atoms with van der Waals surface area (Å²) in [7, 11) is -3.63. The van der Waals surface area contributed by atoms with Gasteiger partial charge in [0, 0.05) is 11.6 Å². The topological polar surface area (TPSA) is 82.8 Å². The van der Waals surface area contributed by atoms with Crippen LogP contribution in [0.4, 0.5) is 0 Å². The van der Waals surface area contributed by atoms with E-state index in [1.165, 1.54) is 17.4 Å². The van der Waals surface area contributed by atoms with Gasteiger partial charge in [0.25, 0.3) is 0 Å². The molecule has 0 unspecified atom stereocenters. The molecule has 0 bridgehead atoms. The first-order valence-electron chi connectivity index (χ1n) is 5.42. The molecule has 0 radical (unpaired) electrons. The van der Waals surface area contributed by atoms with Crippen LogP contribution in [0.15, 0.2) is 34.7 Å². The predicted octanol–water partition coefficient (Wildman–Crippen LogP) is 1.80. The van der Waals surface area contributed by atoms with E-state index in [1.54, 1.807) is 30.6 Å². The molecule has 0 amide bonds. The molecule has 98 valence electrons. The Labute approximate surface area is 115 Å². The second-order valence-corrected chi connectivity index (χ2v) is 6.56. The molecule has 0 aliphatic carbocycles. The van der Waals surface area contributed by atoms with Gasteiger partial charge in [0.05, 0.1) is 23.1 Å². The van der Waals surface area contributed by atoms with E-state index in [-0.39, 0.29) is 11.4 Å². The Morgan fingerprint density at radius 1 is 1.47 bits per heavy atom. The molecule has 0 aliphatic heterocycles. The highest BCUT2D eigenvalue weighted by atomic mass is 32.2. The molecule has 0 fully saturated rings. The number of aryl methyl sites for hydroxylation is 1. The number of sulfonamides is 1. The second-order valence-electron chi connectivity index (χ2n) is 3.84. The van der Waals surface area contributed by atoms with Crippen molar-refractivity contribution >= 4 is 21.4 Å². The molecular weight excluding hydrogens is 282 g/mol. The lowest BCUT2D eigenvalue weighted by Gasteiger charge is -2.08. The maximum Gasteiger partial charge on any atom is 0.241 e. The van der Waals surface area contributed by atoms with Crippen molar-refractivity contribution in [1.29, 1.82) is 5.26 Å². The first-order valence-corrected chi connectivity index (χ1v) is 7.78. The summed E-state index contributed by atoms with van der Waals surface area (Å²) < 4.78 is 26.8. The number of hydrogen-bond donors (Lipinski definition) is 1. The molecule has 0 saturated heterocycles. The van der Waals surface area contributed by atoms with Gasteiger partial charge in [0.2, 0.25) is 10.0 Å². The van der Waals surface area contributed by atoms with E-state index in [4.69, 9.17) is 5.26 Å². The van der Waals surface area contributed by atoms with Crippen LogP contribution in [0.25, 0.3) is 0 Å². The highest BCUT2D eigenvalue weighted by molar-refractivity contribution is 7.89. The summed E-state index contributed by atoms with van der Waals surface area (Å²) in [5.74, 6) is 0. The van der Waals surface area contributed by atoms with Crippen molar-refractivity contribution in [1.82, 2.24) is 9.71 Å². The van der Waals surface area contributed by atoms with Crippen LogP contribution in [-0.4, -0.2) is 13.4 Å². The summed E-state index contributed by atoms with van der Waals surface area (Å²) in [6.45, 7) is 1.84. The maximum absolute atomic E-state index is 12.2. The Morgan fingerprint density at radius 3 is 2.89 bits per heavy atom. The molecule has 0 aliphatic rings. The fraction of sp³-hybridized carbons (Fsp3) is 0.167. The van der Waals surface area contributed by atoms with Gasteiger partial charge in [-0.1, -0.05) is 6.07 Å². The molecule has 1 aromatic heterocycles. The molecule has 1 aromatic carbocycles. The van der Waals surface area contributed by atoms with E-state index in [0.29, 0.717) is 16.1 Å². The van der Waals surface area contributed by atoms with E-state index >= 15 is 0 Å². The van der Waals surface area contributed by atoms with E-state index in [9.17, 15) is 8.42 Å². The van der Waals surface area contributed by atoms with Crippen molar-refractivity contribution in [3.63, 3.8) is 0 Å². The van der Waals surface area contributed by atoms with Crippen molar-refractivity contribution in [2.45, 2.75) is 18.4 Å². The van der Waals surface area contributed by atoms with Crippen LogP contribution < -0.4 is 4.72 Å². The van der Waals surface area contributed by atoms with Crippen molar-refractivity contribution in [2.75, 3.05) is 0 Å². The monoisotopic (exact) mass is 293 g/mol. The third-order valence-corrected chi connectivity index (χ3v) is 4.83. The average Bonchev–Trinajstić information content (AvgIpc) is 2.90. The Morgan fingerprint density at radius 2 is 2.26 bits per heavy atom. The van der Waals surface area contributed by atoms with Gasteiger partial charge in [-0.2, -0.15) is 5.26 Å². The lowest BCUT2D eigenvalue weighted by molar-refractivity contribution is 0.580. The average molecular weight is 293 g/mol. The molecule has 1 heterocycles. The van der Waals surface area contributed by atoms with Gasteiger partial charge in [-0.05, 0) is 24.6 Å². The zero-order valence-corrected chi connectivity index (χ0v) is 11.8.